The number of hydrogen-bond acceptors (Lipinski definition) is 4. The number of amides is 1. The first-order valence-corrected chi connectivity index (χ1v) is 5.84. The molecule has 92 valence electrons. The second kappa shape index (κ2) is 4.27. The number of phenolic OH excluding ortho intramolecular Hbond substituents is 1. The molecule has 3 rings (SSSR count). The molecule has 0 bridgehead atoms. The zero-order valence-electron chi connectivity index (χ0n) is 9.68. The summed E-state index contributed by atoms with van der Waals surface area (Å²) in [6.45, 7) is 1.39. The van der Waals surface area contributed by atoms with E-state index in [0.29, 0.717) is 12.1 Å². The quantitative estimate of drug-likeness (QED) is 0.689. The van der Waals surface area contributed by atoms with Gasteiger partial charge >= 0.3 is 0 Å². The number of aromatic hydroxyl groups is 1. The predicted molar refractivity (Wildman–Crippen MR) is 67.2 cm³/mol. The lowest BCUT2D eigenvalue weighted by molar-refractivity contribution is -0.124. The topological polar surface area (TPSA) is 74.2 Å². The van der Waals surface area contributed by atoms with Gasteiger partial charge in [0.1, 0.15) is 17.3 Å². The third kappa shape index (κ3) is 1.78. The molecule has 2 heterocycles. The molecular formula is C13H13N3O2. The molecule has 1 aliphatic rings. The van der Waals surface area contributed by atoms with Crippen LogP contribution < -0.4 is 10.6 Å². The fraction of sp³-hybridized carbons (Fsp3) is 0.231. The Labute approximate surface area is 104 Å². The van der Waals surface area contributed by atoms with Crippen molar-refractivity contribution in [2.75, 3.05) is 13.1 Å². The van der Waals surface area contributed by atoms with E-state index in [0.717, 1.165) is 17.5 Å². The molecule has 18 heavy (non-hydrogen) atoms. The zero-order valence-corrected chi connectivity index (χ0v) is 9.68. The lowest BCUT2D eigenvalue weighted by atomic mass is 10.0. The van der Waals surface area contributed by atoms with Gasteiger partial charge in [-0.1, -0.05) is 12.1 Å². The van der Waals surface area contributed by atoms with Crippen LogP contribution >= 0.6 is 0 Å². The Bertz CT molecular complexity index is 612. The van der Waals surface area contributed by atoms with E-state index >= 15 is 0 Å². The average Bonchev–Trinajstić information content (AvgIpc) is 2.39. The minimum absolute atomic E-state index is 0.0393. The van der Waals surface area contributed by atoms with E-state index in [1.807, 2.05) is 12.1 Å². The number of pyridine rings is 1. The van der Waals surface area contributed by atoms with Gasteiger partial charge in [0.2, 0.25) is 5.91 Å². The molecule has 5 heteroatoms. The molecule has 0 aliphatic carbocycles. The summed E-state index contributed by atoms with van der Waals surface area (Å²) in [4.78, 5) is 16.0. The summed E-state index contributed by atoms with van der Waals surface area (Å²) >= 11 is 0. The highest BCUT2D eigenvalue weighted by Gasteiger charge is 2.23. The maximum absolute atomic E-state index is 11.7. The second-order valence-corrected chi connectivity index (χ2v) is 4.30. The lowest BCUT2D eigenvalue weighted by Crippen LogP contribution is -2.47. The van der Waals surface area contributed by atoms with Crippen molar-refractivity contribution in [2.45, 2.75) is 6.04 Å². The molecule has 3 N–H and O–H groups in total. The molecule has 1 fully saturated rings. The molecule has 1 amide bonds. The summed E-state index contributed by atoms with van der Waals surface area (Å²) in [7, 11) is 0. The Kier molecular flexibility index (Phi) is 2.60. The monoisotopic (exact) mass is 243 g/mol. The third-order valence-electron chi connectivity index (χ3n) is 3.08. The van der Waals surface area contributed by atoms with Crippen LogP contribution in [0, 0.1) is 0 Å². The van der Waals surface area contributed by atoms with Gasteiger partial charge < -0.3 is 15.7 Å². The van der Waals surface area contributed by atoms with Crippen LogP contribution in [0.15, 0.2) is 30.5 Å². The number of hydrogen-bond donors (Lipinski definition) is 3. The van der Waals surface area contributed by atoms with Crippen LogP contribution in [0.2, 0.25) is 0 Å². The standard InChI is InChI=1S/C13H13N3O2/c17-10-3-1-2-8-6-9(7-16-11(8)10)12-13(18)15-5-4-14-12/h1-3,6-7,12,14,17H,4-5H2,(H,15,18). The highest BCUT2D eigenvalue weighted by atomic mass is 16.3. The molecule has 2 aromatic rings. The number of phenols is 1. The number of piperazine rings is 1. The highest BCUT2D eigenvalue weighted by Crippen LogP contribution is 2.25. The van der Waals surface area contributed by atoms with Gasteiger partial charge in [0.25, 0.3) is 0 Å². The molecular weight excluding hydrogens is 230 g/mol. The van der Waals surface area contributed by atoms with Crippen LogP contribution in [-0.4, -0.2) is 29.1 Å². The Morgan fingerprint density at radius 2 is 2.22 bits per heavy atom. The fourth-order valence-corrected chi connectivity index (χ4v) is 2.19. The zero-order chi connectivity index (χ0) is 12.5. The van der Waals surface area contributed by atoms with E-state index in [-0.39, 0.29) is 17.7 Å². The predicted octanol–water partition coefficient (Wildman–Crippen LogP) is 0.701. The minimum Gasteiger partial charge on any atom is -0.506 e. The van der Waals surface area contributed by atoms with Gasteiger partial charge in [-0.25, -0.2) is 0 Å². The molecule has 1 aromatic carbocycles. The van der Waals surface area contributed by atoms with Crippen molar-refractivity contribution < 1.29 is 9.90 Å². The van der Waals surface area contributed by atoms with Crippen molar-refractivity contribution in [3.05, 3.63) is 36.0 Å². The number of carbonyl (C=O) groups excluding carboxylic acids is 1. The van der Waals surface area contributed by atoms with Crippen molar-refractivity contribution in [2.24, 2.45) is 0 Å². The summed E-state index contributed by atoms with van der Waals surface area (Å²) in [5, 5.41) is 16.5. The number of benzene rings is 1. The van der Waals surface area contributed by atoms with Gasteiger partial charge in [-0.05, 0) is 17.7 Å². The van der Waals surface area contributed by atoms with Gasteiger partial charge in [0, 0.05) is 24.7 Å². The smallest absolute Gasteiger partial charge is 0.241 e. The fourth-order valence-electron chi connectivity index (χ4n) is 2.19. The van der Waals surface area contributed by atoms with E-state index in [1.54, 1.807) is 18.3 Å². The summed E-state index contributed by atoms with van der Waals surface area (Å²) in [5.41, 5.74) is 1.36. The van der Waals surface area contributed by atoms with Crippen LogP contribution in [0.3, 0.4) is 0 Å². The SMILES string of the molecule is O=C1NCCNC1c1cnc2c(O)cccc2c1. The second-order valence-electron chi connectivity index (χ2n) is 4.30. The molecule has 1 unspecified atom stereocenters. The number of nitrogens with one attached hydrogen (secondary N) is 2. The Morgan fingerprint density at radius 3 is 3.06 bits per heavy atom. The number of carbonyl (C=O) groups is 1. The van der Waals surface area contributed by atoms with Crippen molar-refractivity contribution in [3.63, 3.8) is 0 Å². The molecule has 1 aromatic heterocycles. The molecule has 0 spiro atoms. The first-order chi connectivity index (χ1) is 8.75. The molecule has 1 saturated heterocycles. The van der Waals surface area contributed by atoms with E-state index in [4.69, 9.17) is 0 Å². The largest absolute Gasteiger partial charge is 0.506 e. The van der Waals surface area contributed by atoms with Crippen LogP contribution in [0.25, 0.3) is 10.9 Å². The number of fused-ring (bicyclic) bond motifs is 1. The molecule has 5 nitrogen and oxygen atoms in total. The minimum atomic E-state index is -0.363. The summed E-state index contributed by atoms with van der Waals surface area (Å²) in [6.07, 6.45) is 1.63. The van der Waals surface area contributed by atoms with Crippen molar-refractivity contribution >= 4 is 16.8 Å². The summed E-state index contributed by atoms with van der Waals surface area (Å²) < 4.78 is 0. The van der Waals surface area contributed by atoms with E-state index < -0.39 is 0 Å². The summed E-state index contributed by atoms with van der Waals surface area (Å²) in [5.74, 6) is 0.114. The Morgan fingerprint density at radius 1 is 1.33 bits per heavy atom. The lowest BCUT2D eigenvalue weighted by Gasteiger charge is -2.23. The van der Waals surface area contributed by atoms with Crippen LogP contribution in [0.5, 0.6) is 5.75 Å². The Hall–Kier alpha value is -2.14. The van der Waals surface area contributed by atoms with Gasteiger partial charge in [-0.3, -0.25) is 9.78 Å². The van der Waals surface area contributed by atoms with Crippen molar-refractivity contribution in [1.82, 2.24) is 15.6 Å². The van der Waals surface area contributed by atoms with Crippen LogP contribution in [-0.2, 0) is 4.79 Å². The van der Waals surface area contributed by atoms with E-state index in [1.165, 1.54) is 0 Å². The number of aromatic nitrogens is 1. The first-order valence-electron chi connectivity index (χ1n) is 5.84. The van der Waals surface area contributed by atoms with Crippen LogP contribution in [0.1, 0.15) is 11.6 Å². The maximum Gasteiger partial charge on any atom is 0.241 e. The van der Waals surface area contributed by atoms with Gasteiger partial charge in [-0.2, -0.15) is 0 Å². The summed E-state index contributed by atoms with van der Waals surface area (Å²) in [6, 6.07) is 6.74. The first kappa shape index (κ1) is 11.0. The van der Waals surface area contributed by atoms with Crippen molar-refractivity contribution in [1.29, 1.82) is 0 Å². The van der Waals surface area contributed by atoms with Gasteiger partial charge in [-0.15, -0.1) is 0 Å². The normalized spacial score (nSPS) is 19.8. The van der Waals surface area contributed by atoms with E-state index in [2.05, 4.69) is 15.6 Å². The molecule has 1 aliphatic heterocycles. The molecule has 0 radical (unpaired) electrons. The van der Waals surface area contributed by atoms with Gasteiger partial charge in [0.15, 0.2) is 0 Å². The average molecular weight is 243 g/mol. The number of nitrogens with zero attached hydrogens (tertiary/aromatic N) is 1. The number of para-hydroxylation sites is 1. The molecule has 1 atom stereocenters. The highest BCUT2D eigenvalue weighted by molar-refractivity contribution is 5.88. The van der Waals surface area contributed by atoms with E-state index in [9.17, 15) is 9.90 Å². The van der Waals surface area contributed by atoms with Gasteiger partial charge in [0.05, 0.1) is 0 Å². The maximum atomic E-state index is 11.7. The molecule has 0 saturated carbocycles. The number of rotatable bonds is 1. The Balaban J connectivity index is 2.05. The van der Waals surface area contributed by atoms with Crippen molar-refractivity contribution in [3.8, 4) is 5.75 Å². The third-order valence-corrected chi connectivity index (χ3v) is 3.08. The van der Waals surface area contributed by atoms with Crippen LogP contribution in [0.4, 0.5) is 0 Å².